The van der Waals surface area contributed by atoms with Gasteiger partial charge in [-0.25, -0.2) is 9.78 Å². The number of aromatic carboxylic acids is 1. The van der Waals surface area contributed by atoms with Crippen molar-refractivity contribution < 1.29 is 14.7 Å². The van der Waals surface area contributed by atoms with Gasteiger partial charge in [0.1, 0.15) is 5.82 Å². The first kappa shape index (κ1) is 14.7. The van der Waals surface area contributed by atoms with E-state index in [0.717, 1.165) is 0 Å². The highest BCUT2D eigenvalue weighted by molar-refractivity contribution is 5.90. The van der Waals surface area contributed by atoms with E-state index < -0.39 is 5.97 Å². The molecule has 0 atom stereocenters. The van der Waals surface area contributed by atoms with Gasteiger partial charge in [0, 0.05) is 13.6 Å². The molecule has 0 fully saturated rings. The molecule has 2 N–H and O–H groups in total. The second-order valence-electron chi connectivity index (χ2n) is 4.68. The summed E-state index contributed by atoms with van der Waals surface area (Å²) in [5, 5.41) is 15.5. The average Bonchev–Trinajstić information content (AvgIpc) is 2.90. The minimum absolute atomic E-state index is 0.113. The number of carboxylic acid groups (broad SMARTS) is 1. The van der Waals surface area contributed by atoms with Gasteiger partial charge in [-0.2, -0.15) is 0 Å². The highest BCUT2D eigenvalue weighted by atomic mass is 16.4. The first-order valence-corrected chi connectivity index (χ1v) is 6.44. The van der Waals surface area contributed by atoms with Gasteiger partial charge < -0.3 is 10.0 Å². The van der Waals surface area contributed by atoms with Crippen LogP contribution < -0.4 is 0 Å². The van der Waals surface area contributed by atoms with Crippen LogP contribution in [0.1, 0.15) is 32.4 Å². The van der Waals surface area contributed by atoms with Crippen LogP contribution in [-0.2, 0) is 6.42 Å². The van der Waals surface area contributed by atoms with Crippen molar-refractivity contribution in [3.8, 4) is 0 Å². The zero-order valence-corrected chi connectivity index (χ0v) is 11.8. The van der Waals surface area contributed by atoms with Crippen LogP contribution in [0.2, 0.25) is 0 Å². The molecule has 0 aliphatic heterocycles. The molecule has 7 nitrogen and oxygen atoms in total. The van der Waals surface area contributed by atoms with Crippen molar-refractivity contribution in [1.29, 1.82) is 0 Å². The molecule has 0 saturated heterocycles. The molecule has 110 valence electrons. The molecule has 0 saturated carbocycles. The van der Waals surface area contributed by atoms with Gasteiger partial charge in [-0.1, -0.05) is 18.2 Å². The quantitative estimate of drug-likeness (QED) is 0.859. The third-order valence-corrected chi connectivity index (χ3v) is 3.10. The first-order chi connectivity index (χ1) is 9.99. The fourth-order valence-corrected chi connectivity index (χ4v) is 1.95. The van der Waals surface area contributed by atoms with Crippen molar-refractivity contribution in [2.45, 2.75) is 13.3 Å². The van der Waals surface area contributed by atoms with E-state index in [9.17, 15) is 9.59 Å². The number of aromatic amines is 1. The van der Waals surface area contributed by atoms with Crippen LogP contribution in [0, 0.1) is 6.92 Å². The standard InChI is InChI=1S/C14H16N4O3/c1-9-15-12(17-16-9)13(19)18(2)8-7-10-5-3-4-6-11(10)14(20)21/h3-6H,7-8H2,1-2H3,(H,20,21)(H,15,16,17). The maximum absolute atomic E-state index is 12.1. The summed E-state index contributed by atoms with van der Waals surface area (Å²) < 4.78 is 0. The molecule has 0 radical (unpaired) electrons. The summed E-state index contributed by atoms with van der Waals surface area (Å²) in [5.41, 5.74) is 0.947. The van der Waals surface area contributed by atoms with Crippen molar-refractivity contribution >= 4 is 11.9 Å². The summed E-state index contributed by atoms with van der Waals surface area (Å²) in [5.74, 6) is -0.583. The van der Waals surface area contributed by atoms with Gasteiger partial charge in [-0.05, 0) is 25.0 Å². The molecule has 2 aromatic rings. The van der Waals surface area contributed by atoms with E-state index in [1.165, 1.54) is 4.90 Å². The van der Waals surface area contributed by atoms with E-state index >= 15 is 0 Å². The first-order valence-electron chi connectivity index (χ1n) is 6.44. The zero-order valence-electron chi connectivity index (χ0n) is 11.8. The SMILES string of the molecule is Cc1nc(C(=O)N(C)CCc2ccccc2C(=O)O)n[nH]1. The van der Waals surface area contributed by atoms with Gasteiger partial charge >= 0.3 is 5.97 Å². The molecule has 0 aliphatic rings. The van der Waals surface area contributed by atoms with Crippen LogP contribution in [0.25, 0.3) is 0 Å². The Hall–Kier alpha value is -2.70. The molecular weight excluding hydrogens is 272 g/mol. The molecule has 0 aliphatic carbocycles. The van der Waals surface area contributed by atoms with E-state index in [0.29, 0.717) is 24.4 Å². The molecule has 0 bridgehead atoms. The van der Waals surface area contributed by atoms with Gasteiger partial charge in [0.2, 0.25) is 5.82 Å². The highest BCUT2D eigenvalue weighted by Crippen LogP contribution is 2.10. The van der Waals surface area contributed by atoms with Crippen molar-refractivity contribution in [1.82, 2.24) is 20.1 Å². The Morgan fingerprint density at radius 3 is 2.67 bits per heavy atom. The van der Waals surface area contributed by atoms with Crippen molar-refractivity contribution in [2.24, 2.45) is 0 Å². The molecule has 1 amide bonds. The van der Waals surface area contributed by atoms with E-state index in [1.807, 2.05) is 0 Å². The Balaban J connectivity index is 2.03. The molecule has 21 heavy (non-hydrogen) atoms. The van der Waals surface area contributed by atoms with E-state index in [-0.39, 0.29) is 17.3 Å². The molecule has 1 aromatic carbocycles. The van der Waals surface area contributed by atoms with Crippen LogP contribution in [0.4, 0.5) is 0 Å². The molecule has 0 unspecified atom stereocenters. The summed E-state index contributed by atoms with van der Waals surface area (Å²) in [7, 11) is 1.64. The van der Waals surface area contributed by atoms with Crippen LogP contribution >= 0.6 is 0 Å². The number of aryl methyl sites for hydroxylation is 1. The van der Waals surface area contributed by atoms with E-state index in [2.05, 4.69) is 15.2 Å². The van der Waals surface area contributed by atoms with Crippen LogP contribution in [0.3, 0.4) is 0 Å². The normalized spacial score (nSPS) is 10.4. The van der Waals surface area contributed by atoms with Crippen LogP contribution in [0.5, 0.6) is 0 Å². The molecule has 1 aromatic heterocycles. The van der Waals surface area contributed by atoms with Gasteiger partial charge in [0.05, 0.1) is 5.56 Å². The smallest absolute Gasteiger partial charge is 0.335 e. The molecule has 0 spiro atoms. The summed E-state index contributed by atoms with van der Waals surface area (Å²) in [4.78, 5) is 28.6. The number of H-pyrrole nitrogens is 1. The lowest BCUT2D eigenvalue weighted by Crippen LogP contribution is -2.30. The minimum atomic E-state index is -0.968. The second kappa shape index (κ2) is 6.17. The molecule has 7 heteroatoms. The molecule has 2 rings (SSSR count). The zero-order chi connectivity index (χ0) is 15.4. The fraction of sp³-hybridized carbons (Fsp3) is 0.286. The highest BCUT2D eigenvalue weighted by Gasteiger charge is 2.17. The fourth-order valence-electron chi connectivity index (χ4n) is 1.95. The largest absolute Gasteiger partial charge is 0.478 e. The number of carboxylic acids is 1. The Morgan fingerprint density at radius 1 is 1.33 bits per heavy atom. The number of hydrogen-bond acceptors (Lipinski definition) is 4. The summed E-state index contributed by atoms with van der Waals surface area (Å²) in [6, 6.07) is 6.76. The number of rotatable bonds is 5. The number of nitrogens with one attached hydrogen (secondary N) is 1. The lowest BCUT2D eigenvalue weighted by Gasteiger charge is -2.15. The van der Waals surface area contributed by atoms with Gasteiger partial charge in [-0.15, -0.1) is 5.10 Å². The molecule has 1 heterocycles. The van der Waals surface area contributed by atoms with Gasteiger partial charge in [0.15, 0.2) is 0 Å². The maximum atomic E-state index is 12.1. The van der Waals surface area contributed by atoms with Gasteiger partial charge in [-0.3, -0.25) is 9.89 Å². The Bertz CT molecular complexity index is 666. The Labute approximate surface area is 121 Å². The number of nitrogens with zero attached hydrogens (tertiary/aromatic N) is 3. The topological polar surface area (TPSA) is 99.2 Å². The number of carbonyl (C=O) groups is 2. The van der Waals surface area contributed by atoms with Crippen molar-refractivity contribution in [3.05, 3.63) is 47.0 Å². The number of likely N-dealkylation sites (N-methyl/N-ethyl adjacent to an activating group) is 1. The Morgan fingerprint density at radius 2 is 2.05 bits per heavy atom. The van der Waals surface area contributed by atoms with Gasteiger partial charge in [0.25, 0.3) is 5.91 Å². The van der Waals surface area contributed by atoms with E-state index in [4.69, 9.17) is 5.11 Å². The number of benzene rings is 1. The van der Waals surface area contributed by atoms with Crippen molar-refractivity contribution in [2.75, 3.05) is 13.6 Å². The lowest BCUT2D eigenvalue weighted by molar-refractivity contribution is 0.0695. The number of aromatic nitrogens is 3. The summed E-state index contributed by atoms with van der Waals surface area (Å²) in [6.45, 7) is 2.10. The number of carbonyl (C=O) groups excluding carboxylic acids is 1. The average molecular weight is 288 g/mol. The predicted octanol–water partition coefficient (Wildman–Crippen LogP) is 1.13. The van der Waals surface area contributed by atoms with E-state index in [1.54, 1.807) is 38.2 Å². The van der Waals surface area contributed by atoms with Crippen LogP contribution in [-0.4, -0.2) is 50.7 Å². The van der Waals surface area contributed by atoms with Crippen molar-refractivity contribution in [3.63, 3.8) is 0 Å². The molecular formula is C14H16N4O3. The summed E-state index contributed by atoms with van der Waals surface area (Å²) >= 11 is 0. The van der Waals surface area contributed by atoms with Crippen LogP contribution in [0.15, 0.2) is 24.3 Å². The minimum Gasteiger partial charge on any atom is -0.478 e. The maximum Gasteiger partial charge on any atom is 0.335 e. The third kappa shape index (κ3) is 3.44. The third-order valence-electron chi connectivity index (χ3n) is 3.10. The monoisotopic (exact) mass is 288 g/mol. The second-order valence-corrected chi connectivity index (χ2v) is 4.68. The summed E-state index contributed by atoms with van der Waals surface area (Å²) in [6.07, 6.45) is 0.452. The lowest BCUT2D eigenvalue weighted by atomic mass is 10.0. The Kier molecular flexibility index (Phi) is 4.32. The predicted molar refractivity (Wildman–Crippen MR) is 75.2 cm³/mol. The number of hydrogen-bond donors (Lipinski definition) is 2. The number of amides is 1.